The highest BCUT2D eigenvalue weighted by Crippen LogP contribution is 2.75. The summed E-state index contributed by atoms with van der Waals surface area (Å²) < 4.78 is 4.98. The molecular formula is C13H15N3O2. The van der Waals surface area contributed by atoms with E-state index in [0.29, 0.717) is 23.9 Å². The van der Waals surface area contributed by atoms with E-state index in [2.05, 4.69) is 14.9 Å². The third kappa shape index (κ3) is 1.19. The number of fused-ring (bicyclic) bond motifs is 1. The minimum Gasteiger partial charge on any atom is -0.462 e. The van der Waals surface area contributed by atoms with E-state index in [1.54, 1.807) is 13.1 Å². The normalized spacial score (nSPS) is 34.2. The van der Waals surface area contributed by atoms with Crippen molar-refractivity contribution in [2.75, 3.05) is 18.1 Å². The second-order valence-electron chi connectivity index (χ2n) is 5.35. The third-order valence-electron chi connectivity index (χ3n) is 4.43. The van der Waals surface area contributed by atoms with Gasteiger partial charge in [-0.25, -0.2) is 14.8 Å². The molecule has 2 saturated carbocycles. The second-order valence-corrected chi connectivity index (χ2v) is 5.35. The number of ether oxygens (including phenoxy) is 1. The van der Waals surface area contributed by atoms with Crippen LogP contribution in [-0.4, -0.2) is 35.1 Å². The van der Waals surface area contributed by atoms with Crippen LogP contribution in [0.15, 0.2) is 6.20 Å². The van der Waals surface area contributed by atoms with E-state index in [-0.39, 0.29) is 5.97 Å². The van der Waals surface area contributed by atoms with Crippen molar-refractivity contribution in [2.45, 2.75) is 19.9 Å². The van der Waals surface area contributed by atoms with Gasteiger partial charge in [-0.1, -0.05) is 0 Å². The Hall–Kier alpha value is -1.65. The minimum atomic E-state index is -0.335. The van der Waals surface area contributed by atoms with Gasteiger partial charge in [0.25, 0.3) is 0 Å². The van der Waals surface area contributed by atoms with Crippen LogP contribution in [0, 0.1) is 24.7 Å². The van der Waals surface area contributed by atoms with E-state index < -0.39 is 0 Å². The molecule has 4 aliphatic rings. The molecule has 3 heterocycles. The molecule has 5 nitrogen and oxygen atoms in total. The number of piperidine rings is 1. The second kappa shape index (κ2) is 3.22. The third-order valence-corrected chi connectivity index (χ3v) is 4.43. The van der Waals surface area contributed by atoms with Crippen LogP contribution in [-0.2, 0) is 4.74 Å². The van der Waals surface area contributed by atoms with Crippen molar-refractivity contribution in [1.29, 1.82) is 0 Å². The zero-order valence-electron chi connectivity index (χ0n) is 10.5. The maximum atomic E-state index is 11.7. The van der Waals surface area contributed by atoms with Crippen LogP contribution in [0.5, 0.6) is 0 Å². The number of rotatable bonds is 3. The lowest BCUT2D eigenvalue weighted by molar-refractivity contribution is 0.0524. The lowest BCUT2D eigenvalue weighted by atomic mass is 10.2. The highest BCUT2D eigenvalue weighted by atomic mass is 16.5. The van der Waals surface area contributed by atoms with Gasteiger partial charge in [-0.3, -0.25) is 0 Å². The molecule has 0 N–H and O–H groups in total. The smallest absolute Gasteiger partial charge is 0.341 e. The van der Waals surface area contributed by atoms with Gasteiger partial charge in [-0.05, 0) is 31.6 Å². The number of aryl methyl sites for hydroxylation is 1. The first-order chi connectivity index (χ1) is 8.72. The molecular weight excluding hydrogens is 230 g/mol. The van der Waals surface area contributed by atoms with Crippen LogP contribution in [0.2, 0.25) is 0 Å². The molecule has 1 aromatic rings. The Morgan fingerprint density at radius 3 is 2.89 bits per heavy atom. The predicted octanol–water partition coefficient (Wildman–Crippen LogP) is 1.03. The van der Waals surface area contributed by atoms with Gasteiger partial charge in [0.15, 0.2) is 0 Å². The quantitative estimate of drug-likeness (QED) is 0.744. The van der Waals surface area contributed by atoms with Gasteiger partial charge in [0.2, 0.25) is 5.95 Å². The molecule has 2 aliphatic carbocycles. The van der Waals surface area contributed by atoms with Crippen molar-refractivity contribution in [3.05, 3.63) is 17.5 Å². The number of esters is 1. The van der Waals surface area contributed by atoms with Crippen molar-refractivity contribution < 1.29 is 9.53 Å². The van der Waals surface area contributed by atoms with Crippen LogP contribution < -0.4 is 4.90 Å². The summed E-state index contributed by atoms with van der Waals surface area (Å²) in [5.41, 5.74) is 1.18. The zero-order chi connectivity index (χ0) is 12.4. The summed E-state index contributed by atoms with van der Waals surface area (Å²) in [5.74, 6) is 3.21. The summed E-state index contributed by atoms with van der Waals surface area (Å²) in [5, 5.41) is 0. The first kappa shape index (κ1) is 10.3. The van der Waals surface area contributed by atoms with Crippen LogP contribution in [0.3, 0.4) is 0 Å². The van der Waals surface area contributed by atoms with Gasteiger partial charge in [0, 0.05) is 18.8 Å². The number of nitrogens with zero attached hydrogens (tertiary/aromatic N) is 3. The Morgan fingerprint density at radius 2 is 2.33 bits per heavy atom. The van der Waals surface area contributed by atoms with Gasteiger partial charge in [-0.2, -0.15) is 0 Å². The van der Waals surface area contributed by atoms with Crippen LogP contribution in [0.25, 0.3) is 0 Å². The average molecular weight is 245 g/mol. The summed E-state index contributed by atoms with van der Waals surface area (Å²) in [7, 11) is 0. The Morgan fingerprint density at radius 1 is 1.56 bits per heavy atom. The molecule has 2 bridgehead atoms. The number of anilines is 1. The molecule has 0 amide bonds. The zero-order valence-corrected chi connectivity index (χ0v) is 10.5. The fourth-order valence-electron chi connectivity index (χ4n) is 3.36. The lowest BCUT2D eigenvalue weighted by Crippen LogP contribution is -2.23. The summed E-state index contributed by atoms with van der Waals surface area (Å²) in [4.78, 5) is 22.7. The molecule has 4 fully saturated rings. The molecule has 2 aliphatic heterocycles. The Kier molecular flexibility index (Phi) is 1.84. The van der Waals surface area contributed by atoms with E-state index in [4.69, 9.17) is 4.74 Å². The van der Waals surface area contributed by atoms with E-state index in [1.165, 1.54) is 0 Å². The molecule has 1 aromatic heterocycles. The number of hydrogen-bond acceptors (Lipinski definition) is 5. The topological polar surface area (TPSA) is 55.3 Å². The van der Waals surface area contributed by atoms with Crippen LogP contribution in [0.4, 0.5) is 5.95 Å². The molecule has 94 valence electrons. The van der Waals surface area contributed by atoms with Gasteiger partial charge in [-0.15, -0.1) is 0 Å². The lowest BCUT2D eigenvalue weighted by Gasteiger charge is -2.16. The highest BCUT2D eigenvalue weighted by molar-refractivity contribution is 5.90. The molecule has 0 spiro atoms. The largest absolute Gasteiger partial charge is 0.462 e. The molecule has 2 atom stereocenters. The summed E-state index contributed by atoms with van der Waals surface area (Å²) >= 11 is 0. The summed E-state index contributed by atoms with van der Waals surface area (Å²) in [6.07, 6.45) is 1.60. The Balaban J connectivity index is 1.59. The van der Waals surface area contributed by atoms with Crippen molar-refractivity contribution in [3.63, 3.8) is 0 Å². The predicted molar refractivity (Wildman–Crippen MR) is 64.3 cm³/mol. The SMILES string of the molecule is CCOC(=O)c1cnc(N2CC3C4C3C42)nc1C. The van der Waals surface area contributed by atoms with E-state index in [9.17, 15) is 4.79 Å². The van der Waals surface area contributed by atoms with Crippen molar-refractivity contribution >= 4 is 11.9 Å². The first-order valence-electron chi connectivity index (χ1n) is 6.49. The molecule has 2 unspecified atom stereocenters. The molecule has 5 rings (SSSR count). The van der Waals surface area contributed by atoms with E-state index in [1.807, 2.05) is 6.92 Å². The molecule has 0 aromatic carbocycles. The van der Waals surface area contributed by atoms with Crippen molar-refractivity contribution in [2.24, 2.45) is 17.8 Å². The van der Waals surface area contributed by atoms with Crippen molar-refractivity contribution in [1.82, 2.24) is 9.97 Å². The monoisotopic (exact) mass is 245 g/mol. The van der Waals surface area contributed by atoms with Gasteiger partial charge >= 0.3 is 5.97 Å². The maximum Gasteiger partial charge on any atom is 0.341 e. The summed E-state index contributed by atoms with van der Waals surface area (Å²) in [6, 6.07) is 0.697. The molecule has 18 heavy (non-hydrogen) atoms. The van der Waals surface area contributed by atoms with E-state index >= 15 is 0 Å². The summed E-state index contributed by atoms with van der Waals surface area (Å²) in [6.45, 7) is 5.10. The fourth-order valence-corrected chi connectivity index (χ4v) is 3.36. The first-order valence-corrected chi connectivity index (χ1v) is 6.49. The van der Waals surface area contributed by atoms with Gasteiger partial charge in [0.05, 0.1) is 17.9 Å². The molecule has 0 radical (unpaired) electrons. The number of hydrogen-bond donors (Lipinski definition) is 0. The van der Waals surface area contributed by atoms with Crippen LogP contribution in [0.1, 0.15) is 23.0 Å². The fraction of sp³-hybridized carbons (Fsp3) is 0.615. The number of carbonyl (C=O) groups excluding carboxylic acids is 1. The van der Waals surface area contributed by atoms with Gasteiger partial charge < -0.3 is 9.64 Å². The Bertz CT molecular complexity index is 528. The van der Waals surface area contributed by atoms with Crippen molar-refractivity contribution in [3.8, 4) is 0 Å². The Labute approximate surface area is 105 Å². The minimum absolute atomic E-state index is 0.335. The number of aromatic nitrogens is 2. The molecule has 2 saturated heterocycles. The number of carbonyl (C=O) groups is 1. The highest BCUT2D eigenvalue weighted by Gasteiger charge is 2.81. The van der Waals surface area contributed by atoms with E-state index in [0.717, 1.165) is 30.2 Å². The average Bonchev–Trinajstić information content (AvgIpc) is 3.15. The standard InChI is InChI=1S/C13H15N3O2/c1-3-18-12(17)7-4-14-13(15-6(7)2)16-5-8-9-10(8)11(9)16/h4,8-11H,3,5H2,1-2H3. The van der Waals surface area contributed by atoms with Crippen LogP contribution >= 0.6 is 0 Å². The van der Waals surface area contributed by atoms with Gasteiger partial charge in [0.1, 0.15) is 0 Å². The molecule has 5 heteroatoms. The maximum absolute atomic E-state index is 11.7.